The third-order valence-corrected chi connectivity index (χ3v) is 10.3. The van der Waals surface area contributed by atoms with E-state index in [-0.39, 0.29) is 50.1 Å². The van der Waals surface area contributed by atoms with Crippen LogP contribution in [0.2, 0.25) is 0 Å². The molecule has 1 aliphatic heterocycles. The molecule has 3 heterocycles. The van der Waals surface area contributed by atoms with Crippen molar-refractivity contribution in [3.63, 3.8) is 0 Å². The zero-order valence-electron chi connectivity index (χ0n) is 24.0. The van der Waals surface area contributed by atoms with Gasteiger partial charge in [-0.1, -0.05) is 0 Å². The number of nitrogens with zero attached hydrogens (tertiary/aromatic N) is 4. The molecule has 1 N–H and O–H groups in total. The average Bonchev–Trinajstić information content (AvgIpc) is 3.46. The lowest BCUT2D eigenvalue weighted by atomic mass is 10.2. The van der Waals surface area contributed by atoms with Crippen LogP contribution in [-0.2, 0) is 36.8 Å². The van der Waals surface area contributed by atoms with Crippen molar-refractivity contribution in [2.24, 2.45) is 0 Å². The van der Waals surface area contributed by atoms with Gasteiger partial charge in [-0.25, -0.2) is 9.97 Å². The van der Waals surface area contributed by atoms with Gasteiger partial charge in [0.15, 0.2) is 11.2 Å². The van der Waals surface area contributed by atoms with Crippen LogP contribution >= 0.6 is 15.2 Å². The summed E-state index contributed by atoms with van der Waals surface area (Å²) in [5.41, 5.74) is 0.138. The van der Waals surface area contributed by atoms with Gasteiger partial charge in [-0.05, 0) is 48.0 Å². The summed E-state index contributed by atoms with van der Waals surface area (Å²) in [5, 5.41) is 0. The largest absolute Gasteiger partial charge is 0.374 e. The van der Waals surface area contributed by atoms with E-state index in [2.05, 4.69) is 15.0 Å². The Balaban J connectivity index is 1.79. The predicted octanol–water partition coefficient (Wildman–Crippen LogP) is 3.59. The lowest BCUT2D eigenvalue weighted by molar-refractivity contribution is -0.128. The van der Waals surface area contributed by atoms with Crippen LogP contribution in [0.5, 0.6) is 0 Å². The van der Waals surface area contributed by atoms with Crippen LogP contribution < -0.4 is 5.56 Å². The summed E-state index contributed by atoms with van der Waals surface area (Å²) < 4.78 is 55.9. The molecule has 0 bridgehead atoms. The first-order valence-corrected chi connectivity index (χ1v) is 17.0. The van der Waals surface area contributed by atoms with Crippen LogP contribution in [0.25, 0.3) is 11.2 Å². The highest BCUT2D eigenvalue weighted by Gasteiger charge is 2.41. The minimum atomic E-state index is -3.71. The van der Waals surface area contributed by atoms with E-state index in [1.807, 2.05) is 0 Å². The highest BCUT2D eigenvalue weighted by atomic mass is 31.2. The van der Waals surface area contributed by atoms with Crippen molar-refractivity contribution in [2.45, 2.75) is 72.3 Å². The normalized spacial score (nSPS) is 18.4. The minimum Gasteiger partial charge on any atom is -0.374 e. The monoisotopic (exact) mass is 605 g/mol. The SMILES string of the molecule is CCOP(=O)(CCCO[C@H]1CN(C(=O)CP(=O)(OC(C)C)OC(C)C)C[C@H]1n1cnc2c(=O)[nH]cnc21)OCC. The number of fused-ring (bicyclic) bond motifs is 1. The first-order chi connectivity index (χ1) is 18.9. The van der Waals surface area contributed by atoms with Crippen molar-refractivity contribution in [1.29, 1.82) is 0 Å². The molecule has 40 heavy (non-hydrogen) atoms. The molecule has 16 heteroatoms. The van der Waals surface area contributed by atoms with Crippen molar-refractivity contribution in [3.8, 4) is 0 Å². The number of likely N-dealkylation sites (tertiary alicyclic amines) is 1. The van der Waals surface area contributed by atoms with Gasteiger partial charge in [-0.15, -0.1) is 0 Å². The number of carbonyl (C=O) groups excluding carboxylic acids is 1. The third kappa shape index (κ3) is 8.55. The molecule has 1 amide bonds. The molecule has 0 radical (unpaired) electrons. The minimum absolute atomic E-state index is 0.167. The van der Waals surface area contributed by atoms with Crippen molar-refractivity contribution in [2.75, 3.05) is 45.2 Å². The van der Waals surface area contributed by atoms with E-state index in [9.17, 15) is 18.7 Å². The fourth-order valence-electron chi connectivity index (χ4n) is 4.56. The van der Waals surface area contributed by atoms with Crippen LogP contribution in [0.1, 0.15) is 54.0 Å². The summed E-state index contributed by atoms with van der Waals surface area (Å²) in [6.07, 6.45) is 1.64. The molecule has 2 atom stereocenters. The summed E-state index contributed by atoms with van der Waals surface area (Å²) in [6, 6.07) is -0.440. The first-order valence-electron chi connectivity index (χ1n) is 13.5. The van der Waals surface area contributed by atoms with Crippen LogP contribution in [-0.4, -0.2) is 93.9 Å². The fourth-order valence-corrected chi connectivity index (χ4v) is 8.21. The number of nitrogens with one attached hydrogen (secondary N) is 1. The lowest BCUT2D eigenvalue weighted by Crippen LogP contribution is -2.33. The molecule has 1 fully saturated rings. The van der Waals surface area contributed by atoms with E-state index in [1.54, 1.807) is 51.0 Å². The van der Waals surface area contributed by atoms with Crippen LogP contribution in [0.3, 0.4) is 0 Å². The number of aromatic amines is 1. The summed E-state index contributed by atoms with van der Waals surface area (Å²) in [4.78, 5) is 38.1. The fraction of sp³-hybridized carbons (Fsp3) is 0.750. The van der Waals surface area contributed by atoms with Crippen molar-refractivity contribution in [3.05, 3.63) is 23.0 Å². The first kappa shape index (κ1) is 32.6. The van der Waals surface area contributed by atoms with Crippen molar-refractivity contribution in [1.82, 2.24) is 24.4 Å². The summed E-state index contributed by atoms with van der Waals surface area (Å²) in [6.45, 7) is 11.6. The second-order valence-corrected chi connectivity index (χ2v) is 14.1. The van der Waals surface area contributed by atoms with Crippen LogP contribution in [0.4, 0.5) is 0 Å². The molecule has 226 valence electrons. The van der Waals surface area contributed by atoms with E-state index in [0.717, 1.165) is 0 Å². The van der Waals surface area contributed by atoms with E-state index in [0.29, 0.717) is 12.1 Å². The third-order valence-electron chi connectivity index (χ3n) is 5.94. The Kier molecular flexibility index (Phi) is 11.7. The number of imidazole rings is 1. The molecule has 0 spiro atoms. The van der Waals surface area contributed by atoms with Gasteiger partial charge in [0.25, 0.3) is 5.56 Å². The number of hydrogen-bond acceptors (Lipinski definition) is 11. The molecule has 1 saturated heterocycles. The maximum absolute atomic E-state index is 13.4. The molecule has 0 unspecified atom stereocenters. The Morgan fingerprint density at radius 1 is 1.05 bits per heavy atom. The van der Waals surface area contributed by atoms with Crippen molar-refractivity contribution < 1.29 is 36.8 Å². The molecule has 2 aromatic heterocycles. The van der Waals surface area contributed by atoms with Crippen LogP contribution in [0.15, 0.2) is 17.4 Å². The zero-order chi connectivity index (χ0) is 29.5. The molecule has 3 rings (SSSR count). The number of H-pyrrole nitrogens is 1. The molecular weight excluding hydrogens is 564 g/mol. The Morgan fingerprint density at radius 2 is 1.70 bits per heavy atom. The standard InChI is InChI=1S/C24H41N5O9P2/c1-7-35-39(32,36-8-2)11-9-10-34-20-13-28(21(30)14-40(33,37-17(3)4)38-18(5)6)12-19(20)29-16-27-22-23(29)25-15-26-24(22)31/h15-20H,7-14H2,1-6H3,(H,25,26,31)/t19-,20+/m1/s1. The molecular formula is C24H41N5O9P2. The second kappa shape index (κ2) is 14.3. The van der Waals surface area contributed by atoms with Gasteiger partial charge >= 0.3 is 15.2 Å². The van der Waals surface area contributed by atoms with Crippen molar-refractivity contribution >= 4 is 32.3 Å². The maximum atomic E-state index is 13.4. The molecule has 14 nitrogen and oxygen atoms in total. The van der Waals surface area contributed by atoms with Gasteiger partial charge in [-0.2, -0.15) is 0 Å². The summed E-state index contributed by atoms with van der Waals surface area (Å²) in [7, 11) is -6.94. The number of hydrogen-bond donors (Lipinski definition) is 1. The molecule has 1 aliphatic rings. The Bertz CT molecular complexity index is 1260. The van der Waals surface area contributed by atoms with E-state index >= 15 is 0 Å². The highest BCUT2D eigenvalue weighted by molar-refractivity contribution is 7.55. The van der Waals surface area contributed by atoms with E-state index < -0.39 is 51.6 Å². The molecule has 0 aromatic carbocycles. The van der Waals surface area contributed by atoms with Crippen LogP contribution in [0, 0.1) is 0 Å². The van der Waals surface area contributed by atoms with E-state index in [4.69, 9.17) is 22.8 Å². The Labute approximate surface area is 234 Å². The molecule has 2 aromatic rings. The second-order valence-electron chi connectivity index (χ2n) is 9.93. The van der Waals surface area contributed by atoms with Gasteiger partial charge in [0.05, 0.1) is 56.4 Å². The number of amides is 1. The van der Waals surface area contributed by atoms with Gasteiger partial charge in [0.1, 0.15) is 6.16 Å². The summed E-state index contributed by atoms with van der Waals surface area (Å²) in [5.74, 6) is -0.409. The topological polar surface area (TPSA) is 164 Å². The van der Waals surface area contributed by atoms with Gasteiger partial charge < -0.3 is 37.3 Å². The number of aromatic nitrogens is 4. The smallest absolute Gasteiger partial charge is 0.340 e. The average molecular weight is 606 g/mol. The Hall–Kier alpha value is -1.92. The number of carbonyl (C=O) groups is 1. The van der Waals surface area contributed by atoms with Gasteiger partial charge in [-0.3, -0.25) is 18.7 Å². The predicted molar refractivity (Wildman–Crippen MR) is 149 cm³/mol. The Morgan fingerprint density at radius 3 is 2.30 bits per heavy atom. The number of rotatable bonds is 16. The molecule has 0 saturated carbocycles. The molecule has 0 aliphatic carbocycles. The van der Waals surface area contributed by atoms with E-state index in [1.165, 1.54) is 12.7 Å². The lowest BCUT2D eigenvalue weighted by Gasteiger charge is -2.24. The summed E-state index contributed by atoms with van der Waals surface area (Å²) >= 11 is 0. The number of ether oxygens (including phenoxy) is 1. The highest BCUT2D eigenvalue weighted by Crippen LogP contribution is 2.51. The van der Waals surface area contributed by atoms with Gasteiger partial charge in [0, 0.05) is 19.7 Å². The zero-order valence-corrected chi connectivity index (χ0v) is 25.8. The quantitative estimate of drug-likeness (QED) is 0.220. The van der Waals surface area contributed by atoms with Gasteiger partial charge in [0.2, 0.25) is 5.91 Å². The maximum Gasteiger partial charge on any atom is 0.340 e.